The van der Waals surface area contributed by atoms with Gasteiger partial charge in [0, 0.05) is 43.1 Å². The first-order valence-electron chi connectivity index (χ1n) is 6.88. The third-order valence-electron chi connectivity index (χ3n) is 3.92. The number of nitrogens with one attached hydrogen (secondary N) is 2. The van der Waals surface area contributed by atoms with E-state index >= 15 is 0 Å². The molecule has 2 rings (SSSR count). The van der Waals surface area contributed by atoms with Gasteiger partial charge in [0.15, 0.2) is 0 Å². The maximum atomic E-state index is 3.48. The van der Waals surface area contributed by atoms with Crippen LogP contribution in [0.1, 0.15) is 29.8 Å². The first-order valence-corrected chi connectivity index (χ1v) is 7.76. The molecule has 0 saturated carbocycles. The number of thiophene rings is 1. The molecular weight excluding hydrogens is 242 g/mol. The van der Waals surface area contributed by atoms with Crippen LogP contribution in [0.5, 0.6) is 0 Å². The number of piperazine rings is 1. The zero-order valence-corrected chi connectivity index (χ0v) is 12.5. The number of hydrogen-bond donors (Lipinski definition) is 2. The van der Waals surface area contributed by atoms with Gasteiger partial charge in [0.05, 0.1) is 0 Å². The molecule has 2 heterocycles. The molecule has 2 atom stereocenters. The van der Waals surface area contributed by atoms with Crippen molar-refractivity contribution in [3.8, 4) is 0 Å². The third-order valence-corrected chi connectivity index (χ3v) is 5.05. The second-order valence-corrected chi connectivity index (χ2v) is 6.13. The van der Waals surface area contributed by atoms with E-state index in [1.165, 1.54) is 30.0 Å². The van der Waals surface area contributed by atoms with Gasteiger partial charge in [-0.2, -0.15) is 0 Å². The SMILES string of the molecule is CNC(CC(C)N1CCNCC1)c1sccc1C. The van der Waals surface area contributed by atoms with Crippen LogP contribution in [0.3, 0.4) is 0 Å². The van der Waals surface area contributed by atoms with Crippen LogP contribution in [0.25, 0.3) is 0 Å². The summed E-state index contributed by atoms with van der Waals surface area (Å²) in [5, 5.41) is 9.10. The number of nitrogens with zero attached hydrogens (tertiary/aromatic N) is 1. The van der Waals surface area contributed by atoms with Gasteiger partial charge in [-0.25, -0.2) is 0 Å². The van der Waals surface area contributed by atoms with Crippen molar-refractivity contribution in [2.45, 2.75) is 32.4 Å². The van der Waals surface area contributed by atoms with Crippen molar-refractivity contribution in [3.05, 3.63) is 21.9 Å². The Balaban J connectivity index is 1.95. The van der Waals surface area contributed by atoms with Gasteiger partial charge >= 0.3 is 0 Å². The van der Waals surface area contributed by atoms with E-state index in [2.05, 4.69) is 47.9 Å². The third kappa shape index (κ3) is 3.32. The summed E-state index contributed by atoms with van der Waals surface area (Å²) in [6.45, 7) is 9.20. The lowest BCUT2D eigenvalue weighted by molar-refractivity contribution is 0.167. The summed E-state index contributed by atoms with van der Waals surface area (Å²) < 4.78 is 0. The number of aryl methyl sites for hydroxylation is 1. The van der Waals surface area contributed by atoms with Crippen molar-refractivity contribution < 1.29 is 0 Å². The van der Waals surface area contributed by atoms with Crippen molar-refractivity contribution in [3.63, 3.8) is 0 Å². The molecule has 0 radical (unpaired) electrons. The fraction of sp³-hybridized carbons (Fsp3) is 0.714. The van der Waals surface area contributed by atoms with Crippen LogP contribution >= 0.6 is 11.3 Å². The summed E-state index contributed by atoms with van der Waals surface area (Å²) >= 11 is 1.88. The molecular formula is C14H25N3S. The Kier molecular flexibility index (Phi) is 5.18. The quantitative estimate of drug-likeness (QED) is 0.854. The summed E-state index contributed by atoms with van der Waals surface area (Å²) in [5.74, 6) is 0. The molecule has 1 aliphatic rings. The van der Waals surface area contributed by atoms with Crippen LogP contribution in [-0.2, 0) is 0 Å². The van der Waals surface area contributed by atoms with Crippen molar-refractivity contribution in [2.75, 3.05) is 33.2 Å². The molecule has 4 heteroatoms. The molecule has 1 aromatic rings. The first kappa shape index (κ1) is 14.0. The fourth-order valence-electron chi connectivity index (χ4n) is 2.71. The summed E-state index contributed by atoms with van der Waals surface area (Å²) in [4.78, 5) is 4.10. The lowest BCUT2D eigenvalue weighted by Gasteiger charge is -2.34. The van der Waals surface area contributed by atoms with Crippen LogP contribution in [0.4, 0.5) is 0 Å². The largest absolute Gasteiger partial charge is 0.314 e. The van der Waals surface area contributed by atoms with Crippen molar-refractivity contribution in [1.82, 2.24) is 15.5 Å². The lowest BCUT2D eigenvalue weighted by atomic mass is 10.0. The van der Waals surface area contributed by atoms with E-state index in [0.717, 1.165) is 13.1 Å². The minimum absolute atomic E-state index is 0.495. The topological polar surface area (TPSA) is 27.3 Å². The van der Waals surface area contributed by atoms with Crippen LogP contribution in [0.15, 0.2) is 11.4 Å². The van der Waals surface area contributed by atoms with Crippen molar-refractivity contribution >= 4 is 11.3 Å². The maximum Gasteiger partial charge on any atom is 0.0429 e. The molecule has 1 fully saturated rings. The molecule has 3 nitrogen and oxygen atoms in total. The first-order chi connectivity index (χ1) is 8.72. The average molecular weight is 267 g/mol. The van der Waals surface area contributed by atoms with Gasteiger partial charge in [-0.05, 0) is 44.3 Å². The Bertz CT molecular complexity index is 358. The molecule has 0 aromatic carbocycles. The molecule has 18 heavy (non-hydrogen) atoms. The van der Waals surface area contributed by atoms with Gasteiger partial charge in [0.2, 0.25) is 0 Å². The highest BCUT2D eigenvalue weighted by Gasteiger charge is 2.21. The predicted molar refractivity (Wildman–Crippen MR) is 79.4 cm³/mol. The second-order valence-electron chi connectivity index (χ2n) is 5.18. The minimum atomic E-state index is 0.495. The van der Waals surface area contributed by atoms with Gasteiger partial charge < -0.3 is 10.6 Å². The Labute approximate surface area is 115 Å². The summed E-state index contributed by atoms with van der Waals surface area (Å²) in [7, 11) is 2.08. The molecule has 102 valence electrons. The average Bonchev–Trinajstić information content (AvgIpc) is 2.83. The molecule has 1 saturated heterocycles. The van der Waals surface area contributed by atoms with E-state index in [0.29, 0.717) is 12.1 Å². The second kappa shape index (κ2) is 6.66. The van der Waals surface area contributed by atoms with Crippen molar-refractivity contribution in [2.24, 2.45) is 0 Å². The highest BCUT2D eigenvalue weighted by molar-refractivity contribution is 7.10. The number of rotatable bonds is 5. The lowest BCUT2D eigenvalue weighted by Crippen LogP contribution is -2.48. The summed E-state index contributed by atoms with van der Waals surface area (Å²) in [6.07, 6.45) is 1.19. The Morgan fingerprint density at radius 2 is 2.17 bits per heavy atom. The number of hydrogen-bond acceptors (Lipinski definition) is 4. The molecule has 2 unspecified atom stereocenters. The molecule has 0 amide bonds. The van der Waals surface area contributed by atoms with E-state index in [1.807, 2.05) is 11.3 Å². The smallest absolute Gasteiger partial charge is 0.0429 e. The Morgan fingerprint density at radius 3 is 2.72 bits per heavy atom. The molecule has 0 spiro atoms. The monoisotopic (exact) mass is 267 g/mol. The van der Waals surface area contributed by atoms with Crippen LogP contribution in [-0.4, -0.2) is 44.2 Å². The van der Waals surface area contributed by atoms with E-state index in [9.17, 15) is 0 Å². The molecule has 2 N–H and O–H groups in total. The van der Waals surface area contributed by atoms with E-state index < -0.39 is 0 Å². The molecule has 0 aliphatic carbocycles. The fourth-order valence-corrected chi connectivity index (χ4v) is 3.76. The van der Waals surface area contributed by atoms with Gasteiger partial charge in [-0.1, -0.05) is 0 Å². The van der Waals surface area contributed by atoms with E-state index in [-0.39, 0.29) is 0 Å². The van der Waals surface area contributed by atoms with Gasteiger partial charge in [-0.15, -0.1) is 11.3 Å². The van der Waals surface area contributed by atoms with Crippen LogP contribution in [0.2, 0.25) is 0 Å². The summed E-state index contributed by atoms with van der Waals surface area (Å²) in [6, 6.07) is 3.36. The van der Waals surface area contributed by atoms with Crippen molar-refractivity contribution in [1.29, 1.82) is 0 Å². The predicted octanol–water partition coefficient (Wildman–Crippen LogP) is 2.00. The zero-order chi connectivity index (χ0) is 13.0. The maximum absolute atomic E-state index is 3.48. The van der Waals surface area contributed by atoms with Gasteiger partial charge in [0.1, 0.15) is 0 Å². The highest BCUT2D eigenvalue weighted by Crippen LogP contribution is 2.28. The Morgan fingerprint density at radius 1 is 1.44 bits per heavy atom. The standard InChI is InChI=1S/C14H25N3S/c1-11-4-9-18-14(11)13(15-3)10-12(2)17-7-5-16-6-8-17/h4,9,12-13,15-16H,5-8,10H2,1-3H3. The highest BCUT2D eigenvalue weighted by atomic mass is 32.1. The minimum Gasteiger partial charge on any atom is -0.314 e. The molecule has 1 aromatic heterocycles. The van der Waals surface area contributed by atoms with Crippen LogP contribution < -0.4 is 10.6 Å². The Hall–Kier alpha value is -0.420. The molecule has 0 bridgehead atoms. The molecule has 1 aliphatic heterocycles. The van der Waals surface area contributed by atoms with E-state index in [1.54, 1.807) is 0 Å². The van der Waals surface area contributed by atoms with Crippen LogP contribution in [0, 0.1) is 6.92 Å². The zero-order valence-electron chi connectivity index (χ0n) is 11.7. The van der Waals surface area contributed by atoms with Gasteiger partial charge in [0.25, 0.3) is 0 Å². The van der Waals surface area contributed by atoms with E-state index in [4.69, 9.17) is 0 Å². The van der Waals surface area contributed by atoms with Gasteiger partial charge in [-0.3, -0.25) is 4.90 Å². The summed E-state index contributed by atoms with van der Waals surface area (Å²) in [5.41, 5.74) is 1.42. The normalized spacial score (nSPS) is 20.8.